The molecule has 0 radical (unpaired) electrons. The zero-order chi connectivity index (χ0) is 12.1. The second-order valence-corrected chi connectivity index (χ2v) is 5.53. The van der Waals surface area contributed by atoms with E-state index in [1.54, 1.807) is 0 Å². The summed E-state index contributed by atoms with van der Waals surface area (Å²) in [6.07, 6.45) is 2.24. The van der Waals surface area contributed by atoms with Crippen molar-refractivity contribution in [2.24, 2.45) is 5.92 Å². The zero-order valence-electron chi connectivity index (χ0n) is 10.3. The summed E-state index contributed by atoms with van der Waals surface area (Å²) in [7, 11) is 0. The Kier molecular flexibility index (Phi) is 5.01. The van der Waals surface area contributed by atoms with Crippen LogP contribution < -0.4 is 5.32 Å². The fourth-order valence-electron chi connectivity index (χ4n) is 2.45. The van der Waals surface area contributed by atoms with Gasteiger partial charge in [0.25, 0.3) is 0 Å². The molecule has 2 atom stereocenters. The molecule has 1 aliphatic rings. The molecule has 0 aromatic heterocycles. The largest absolute Gasteiger partial charge is 0.381 e. The van der Waals surface area contributed by atoms with Gasteiger partial charge in [0.1, 0.15) is 0 Å². The van der Waals surface area contributed by atoms with E-state index in [0.29, 0.717) is 12.0 Å². The van der Waals surface area contributed by atoms with Gasteiger partial charge in [-0.25, -0.2) is 0 Å². The lowest BCUT2D eigenvalue weighted by Gasteiger charge is -2.32. The minimum absolute atomic E-state index is 0.602. The Balaban J connectivity index is 1.97. The molecule has 1 aromatic carbocycles. The summed E-state index contributed by atoms with van der Waals surface area (Å²) in [4.78, 5) is 0. The molecular weight excluding hydrogens is 278 g/mol. The highest BCUT2D eigenvalue weighted by Crippen LogP contribution is 2.21. The van der Waals surface area contributed by atoms with E-state index in [1.165, 1.54) is 5.56 Å². The fourth-order valence-corrected chi connectivity index (χ4v) is 2.72. The molecule has 3 heteroatoms. The van der Waals surface area contributed by atoms with Crippen LogP contribution in [0, 0.1) is 5.92 Å². The zero-order valence-corrected chi connectivity index (χ0v) is 11.9. The normalized spacial score (nSPS) is 24.8. The van der Waals surface area contributed by atoms with Crippen LogP contribution in [0.15, 0.2) is 28.7 Å². The van der Waals surface area contributed by atoms with Gasteiger partial charge in [-0.05, 0) is 37.1 Å². The summed E-state index contributed by atoms with van der Waals surface area (Å²) in [5.74, 6) is 0.602. The molecule has 17 heavy (non-hydrogen) atoms. The maximum absolute atomic E-state index is 5.61. The van der Waals surface area contributed by atoms with Crippen LogP contribution in [0.2, 0.25) is 0 Å². The Bertz CT molecular complexity index is 337. The molecule has 94 valence electrons. The molecule has 0 amide bonds. The van der Waals surface area contributed by atoms with Gasteiger partial charge in [0.15, 0.2) is 0 Å². The third-order valence-corrected chi connectivity index (χ3v) is 3.88. The minimum atomic E-state index is 0.602. The van der Waals surface area contributed by atoms with E-state index in [0.717, 1.165) is 37.1 Å². The number of ether oxygens (including phenoxy) is 1. The predicted octanol–water partition coefficient (Wildman–Crippen LogP) is 3.01. The second kappa shape index (κ2) is 6.53. The van der Waals surface area contributed by atoms with Crippen LogP contribution in [0.25, 0.3) is 0 Å². The average Bonchev–Trinajstić information content (AvgIpc) is 2.35. The lowest BCUT2D eigenvalue weighted by atomic mass is 9.89. The maximum atomic E-state index is 5.61. The molecule has 0 unspecified atom stereocenters. The number of benzene rings is 1. The molecule has 0 bridgehead atoms. The van der Waals surface area contributed by atoms with Crippen LogP contribution in [-0.4, -0.2) is 25.8 Å². The van der Waals surface area contributed by atoms with Gasteiger partial charge in [-0.2, -0.15) is 0 Å². The van der Waals surface area contributed by atoms with Crippen LogP contribution in [0.3, 0.4) is 0 Å². The Hall–Kier alpha value is -0.380. The van der Waals surface area contributed by atoms with Crippen molar-refractivity contribution in [2.45, 2.75) is 25.8 Å². The summed E-state index contributed by atoms with van der Waals surface area (Å²) < 4.78 is 6.75. The van der Waals surface area contributed by atoms with Crippen molar-refractivity contribution < 1.29 is 4.74 Å². The summed E-state index contributed by atoms with van der Waals surface area (Å²) in [5.41, 5.74) is 1.40. The lowest BCUT2D eigenvalue weighted by molar-refractivity contribution is 0.0327. The molecule has 1 saturated heterocycles. The van der Waals surface area contributed by atoms with Gasteiger partial charge in [-0.3, -0.25) is 0 Å². The highest BCUT2D eigenvalue weighted by Gasteiger charge is 2.24. The summed E-state index contributed by atoms with van der Waals surface area (Å²) in [6.45, 7) is 5.00. The molecule has 0 aliphatic carbocycles. The van der Waals surface area contributed by atoms with Gasteiger partial charge in [-0.15, -0.1) is 0 Å². The van der Waals surface area contributed by atoms with E-state index in [-0.39, 0.29) is 0 Å². The number of hydrogen-bond acceptors (Lipinski definition) is 2. The van der Waals surface area contributed by atoms with Gasteiger partial charge in [0, 0.05) is 23.0 Å². The Labute approximate surface area is 112 Å². The molecule has 0 saturated carbocycles. The molecule has 1 N–H and O–H groups in total. The van der Waals surface area contributed by atoms with Crippen LogP contribution >= 0.6 is 15.9 Å². The summed E-state index contributed by atoms with van der Waals surface area (Å²) >= 11 is 3.47. The van der Waals surface area contributed by atoms with Gasteiger partial charge >= 0.3 is 0 Å². The van der Waals surface area contributed by atoms with E-state index in [9.17, 15) is 0 Å². The van der Waals surface area contributed by atoms with Crippen LogP contribution in [0.1, 0.15) is 18.9 Å². The first-order valence-corrected chi connectivity index (χ1v) is 7.14. The van der Waals surface area contributed by atoms with Crippen molar-refractivity contribution in [1.29, 1.82) is 0 Å². The van der Waals surface area contributed by atoms with E-state index >= 15 is 0 Å². The fraction of sp³-hybridized carbons (Fsp3) is 0.571. The van der Waals surface area contributed by atoms with Crippen LogP contribution in [0.4, 0.5) is 0 Å². The van der Waals surface area contributed by atoms with Crippen LogP contribution in [0.5, 0.6) is 0 Å². The molecule has 2 rings (SSSR count). The van der Waals surface area contributed by atoms with Crippen molar-refractivity contribution in [3.05, 3.63) is 34.3 Å². The Morgan fingerprint density at radius 1 is 1.35 bits per heavy atom. The average molecular weight is 298 g/mol. The van der Waals surface area contributed by atoms with Crippen molar-refractivity contribution >= 4 is 15.9 Å². The lowest BCUT2D eigenvalue weighted by Crippen LogP contribution is -2.43. The van der Waals surface area contributed by atoms with Crippen LogP contribution in [-0.2, 0) is 11.2 Å². The third-order valence-electron chi connectivity index (χ3n) is 3.35. The maximum Gasteiger partial charge on any atom is 0.0512 e. The van der Waals surface area contributed by atoms with Crippen molar-refractivity contribution in [3.63, 3.8) is 0 Å². The number of rotatable bonds is 4. The van der Waals surface area contributed by atoms with Gasteiger partial charge in [-0.1, -0.05) is 35.0 Å². The summed E-state index contributed by atoms with van der Waals surface area (Å²) in [6, 6.07) is 9.23. The van der Waals surface area contributed by atoms with Crippen molar-refractivity contribution in [3.8, 4) is 0 Å². The SMILES string of the molecule is CCN[C@H]1CCOC[C@@H]1Cc1ccc(Br)cc1. The first-order valence-electron chi connectivity index (χ1n) is 6.35. The van der Waals surface area contributed by atoms with E-state index in [2.05, 4.69) is 52.4 Å². The van der Waals surface area contributed by atoms with Gasteiger partial charge in [0.2, 0.25) is 0 Å². The molecule has 2 nitrogen and oxygen atoms in total. The quantitative estimate of drug-likeness (QED) is 0.922. The molecular formula is C14H20BrNO. The number of hydrogen-bond donors (Lipinski definition) is 1. The standard InChI is InChI=1S/C14H20BrNO/c1-2-16-14-7-8-17-10-12(14)9-11-3-5-13(15)6-4-11/h3-6,12,14,16H,2,7-10H2,1H3/t12-,14-/m0/s1. The Morgan fingerprint density at radius 3 is 2.82 bits per heavy atom. The van der Waals surface area contributed by atoms with Crippen molar-refractivity contribution in [1.82, 2.24) is 5.32 Å². The Morgan fingerprint density at radius 2 is 2.12 bits per heavy atom. The first kappa shape index (κ1) is 13.1. The third kappa shape index (κ3) is 3.80. The van der Waals surface area contributed by atoms with Gasteiger partial charge in [0.05, 0.1) is 6.61 Å². The van der Waals surface area contributed by atoms with Gasteiger partial charge < -0.3 is 10.1 Å². The monoisotopic (exact) mass is 297 g/mol. The topological polar surface area (TPSA) is 21.3 Å². The highest BCUT2D eigenvalue weighted by molar-refractivity contribution is 9.10. The van der Waals surface area contributed by atoms with E-state index in [4.69, 9.17) is 4.74 Å². The highest BCUT2D eigenvalue weighted by atomic mass is 79.9. The molecule has 1 aliphatic heterocycles. The molecule has 1 heterocycles. The minimum Gasteiger partial charge on any atom is -0.381 e. The van der Waals surface area contributed by atoms with Crippen molar-refractivity contribution in [2.75, 3.05) is 19.8 Å². The summed E-state index contributed by atoms with van der Waals surface area (Å²) in [5, 5.41) is 3.58. The first-order chi connectivity index (χ1) is 8.29. The van der Waals surface area contributed by atoms with E-state index < -0.39 is 0 Å². The number of nitrogens with one attached hydrogen (secondary N) is 1. The second-order valence-electron chi connectivity index (χ2n) is 4.62. The molecule has 1 aromatic rings. The molecule has 0 spiro atoms. The smallest absolute Gasteiger partial charge is 0.0512 e. The predicted molar refractivity (Wildman–Crippen MR) is 74.2 cm³/mol. The number of halogens is 1. The molecule has 1 fully saturated rings. The van der Waals surface area contributed by atoms with E-state index in [1.807, 2.05) is 0 Å².